The number of benzene rings is 4. The first kappa shape index (κ1) is 71.1. The van der Waals surface area contributed by atoms with Gasteiger partial charge in [0.2, 0.25) is 0 Å². The van der Waals surface area contributed by atoms with E-state index >= 15 is 0 Å². The first-order valence-corrected chi connectivity index (χ1v) is 33.0. The van der Waals surface area contributed by atoms with Gasteiger partial charge in [-0.25, -0.2) is 26.8 Å². The maximum Gasteiger partial charge on any atom is 0.416 e. The van der Waals surface area contributed by atoms with Crippen molar-refractivity contribution in [2.75, 3.05) is 87.0 Å². The molecule has 0 aliphatic carbocycles. The number of hydrogen-bond donors (Lipinski definition) is 4. The largest absolute Gasteiger partial charge is 0.416 e. The Kier molecular flexibility index (Phi) is 24.4. The van der Waals surface area contributed by atoms with E-state index in [2.05, 4.69) is 30.1 Å². The molecule has 0 bridgehead atoms. The third kappa shape index (κ3) is 18.4. The molecule has 2 aliphatic heterocycles. The molecule has 0 spiro atoms. The van der Waals surface area contributed by atoms with E-state index in [9.17, 15) is 80.5 Å². The Bertz CT molecular complexity index is 3300. The predicted molar refractivity (Wildman–Crippen MR) is 316 cm³/mol. The highest BCUT2D eigenvalue weighted by atomic mass is 32.2. The van der Waals surface area contributed by atoms with Gasteiger partial charge in [0.1, 0.15) is 9.75 Å². The van der Waals surface area contributed by atoms with Crippen LogP contribution >= 0.6 is 22.7 Å². The summed E-state index contributed by atoms with van der Waals surface area (Å²) in [4.78, 5) is 42.9. The number of rotatable bonds is 24. The highest BCUT2D eigenvalue weighted by Gasteiger charge is 2.37. The normalized spacial score (nSPS) is 17.8. The molecule has 0 radical (unpaired) electrons. The second-order valence-corrected chi connectivity index (χ2v) is 27.4. The minimum atomic E-state index is -4.46. The molecule has 2 aromatic heterocycles. The zero-order valence-electron chi connectivity index (χ0n) is 48.8. The minimum Gasteiger partial charge on any atom is -0.394 e. The van der Waals surface area contributed by atoms with Crippen LogP contribution in [-0.4, -0.2) is 161 Å². The van der Waals surface area contributed by atoms with Gasteiger partial charge in [-0.2, -0.15) is 43.9 Å². The standard InChI is InChI=1S/2C29H33F5N4O5S2/c2*1-3-45(41,42)23-10-6-20(7-11-23)24(16-39)36-26(40)25-14-35-28(44-25)38-13-12-37(15-22(38)17-43-27(30)31)18(2)19-4-8-21(9-5-19)29(32,33)34/h2*4-11,14,18,22,24,27,39H,3,12-13,15-17H2,1-2H3,(H,36,40)/t18-,22+,24+;18-,22-,24-/m10/s1. The first-order chi connectivity index (χ1) is 42.5. The number of halogens is 10. The van der Waals surface area contributed by atoms with E-state index in [4.69, 9.17) is 0 Å². The predicted octanol–water partition coefficient (Wildman–Crippen LogP) is 9.82. The van der Waals surface area contributed by atoms with Gasteiger partial charge in [0, 0.05) is 51.4 Å². The Morgan fingerprint density at radius 2 is 0.878 bits per heavy atom. The number of nitrogens with one attached hydrogen (secondary N) is 2. The van der Waals surface area contributed by atoms with Crippen LogP contribution in [0, 0.1) is 0 Å². The van der Waals surface area contributed by atoms with Crippen LogP contribution < -0.4 is 20.4 Å². The van der Waals surface area contributed by atoms with Crippen LogP contribution in [0.3, 0.4) is 0 Å². The molecule has 0 unspecified atom stereocenters. The number of sulfone groups is 2. The lowest BCUT2D eigenvalue weighted by Crippen LogP contribution is -2.55. The number of alkyl halides is 10. The zero-order chi connectivity index (χ0) is 65.9. The molecular weight excluding hydrogens is 1290 g/mol. The molecule has 6 aromatic rings. The van der Waals surface area contributed by atoms with E-state index in [1.54, 1.807) is 9.80 Å². The summed E-state index contributed by atoms with van der Waals surface area (Å²) in [5.74, 6) is -1.22. The zero-order valence-corrected chi connectivity index (χ0v) is 52.0. The van der Waals surface area contributed by atoms with Crippen molar-refractivity contribution in [1.29, 1.82) is 0 Å². The van der Waals surface area contributed by atoms with Crippen molar-refractivity contribution in [3.63, 3.8) is 0 Å². The fourth-order valence-electron chi connectivity index (χ4n) is 10.0. The second kappa shape index (κ2) is 30.8. The Hall–Kier alpha value is -6.36. The van der Waals surface area contributed by atoms with Crippen molar-refractivity contribution < 1.29 is 90.0 Å². The van der Waals surface area contributed by atoms with Crippen molar-refractivity contribution >= 4 is 64.4 Å². The second-order valence-electron chi connectivity index (χ2n) is 20.8. The average Bonchev–Trinajstić information content (AvgIpc) is 1.55. The van der Waals surface area contributed by atoms with Crippen LogP contribution in [0.15, 0.2) is 119 Å². The van der Waals surface area contributed by atoms with Gasteiger partial charge in [0.15, 0.2) is 29.9 Å². The Morgan fingerprint density at radius 1 is 0.556 bits per heavy atom. The Morgan fingerprint density at radius 3 is 1.17 bits per heavy atom. The monoisotopic (exact) mass is 1350 g/mol. The van der Waals surface area contributed by atoms with Crippen LogP contribution in [0.5, 0.6) is 0 Å². The van der Waals surface area contributed by atoms with E-state index in [0.29, 0.717) is 58.7 Å². The van der Waals surface area contributed by atoms with Crippen LogP contribution in [0.1, 0.15) is 105 Å². The summed E-state index contributed by atoms with van der Waals surface area (Å²) in [5.41, 5.74) is 0.735. The van der Waals surface area contributed by atoms with Crippen LogP contribution in [0.4, 0.5) is 54.2 Å². The average molecular weight is 1350 g/mol. The first-order valence-electron chi connectivity index (χ1n) is 28.0. The number of carbonyl (C=O) groups excluding carboxylic acids is 2. The lowest BCUT2D eigenvalue weighted by Gasteiger charge is -2.43. The number of nitrogens with zero attached hydrogens (tertiary/aromatic N) is 6. The molecule has 2 fully saturated rings. The smallest absolute Gasteiger partial charge is 0.394 e. The number of aliphatic hydroxyl groups is 2. The van der Waals surface area contributed by atoms with Crippen molar-refractivity contribution in [2.24, 2.45) is 0 Å². The summed E-state index contributed by atoms with van der Waals surface area (Å²) in [6.07, 6.45) is -6.25. The summed E-state index contributed by atoms with van der Waals surface area (Å²) in [5, 5.41) is 26.0. The summed E-state index contributed by atoms with van der Waals surface area (Å²) >= 11 is 2.05. The molecule has 90 heavy (non-hydrogen) atoms. The van der Waals surface area contributed by atoms with E-state index < -0.39 is 106 Å². The molecule has 2 amide bonds. The number of aromatic nitrogens is 2. The van der Waals surface area contributed by atoms with Gasteiger partial charge < -0.3 is 40.1 Å². The molecule has 4 N–H and O–H groups in total. The number of thiazole rings is 2. The number of ether oxygens (including phenoxy) is 2. The molecule has 6 atom stereocenters. The highest BCUT2D eigenvalue weighted by Crippen LogP contribution is 2.36. The van der Waals surface area contributed by atoms with Crippen LogP contribution in [0.25, 0.3) is 0 Å². The van der Waals surface area contributed by atoms with Crippen molar-refractivity contribution in [3.05, 3.63) is 153 Å². The van der Waals surface area contributed by atoms with Crippen molar-refractivity contribution in [3.8, 4) is 0 Å². The third-order valence-corrected chi connectivity index (χ3v) is 20.9. The van der Waals surface area contributed by atoms with Gasteiger partial charge in [-0.15, -0.1) is 0 Å². The number of piperazine rings is 2. The number of anilines is 2. The van der Waals surface area contributed by atoms with Gasteiger partial charge in [0.05, 0.1) is 95.4 Å². The van der Waals surface area contributed by atoms with Crippen LogP contribution in [-0.2, 0) is 41.5 Å². The number of hydrogen-bond acceptors (Lipinski definition) is 18. The lowest BCUT2D eigenvalue weighted by atomic mass is 10.0. The number of amides is 2. The molecule has 18 nitrogen and oxygen atoms in total. The molecule has 32 heteroatoms. The third-order valence-electron chi connectivity index (χ3n) is 15.3. The van der Waals surface area contributed by atoms with Gasteiger partial charge in [-0.3, -0.25) is 19.4 Å². The van der Waals surface area contributed by atoms with Crippen molar-refractivity contribution in [1.82, 2.24) is 30.4 Å². The minimum absolute atomic E-state index is 0.0669. The van der Waals surface area contributed by atoms with Crippen LogP contribution in [0.2, 0.25) is 0 Å². The van der Waals surface area contributed by atoms with Gasteiger partial charge in [-0.1, -0.05) is 85.1 Å². The molecule has 2 aliphatic rings. The van der Waals surface area contributed by atoms with E-state index in [0.717, 1.165) is 46.9 Å². The van der Waals surface area contributed by atoms with Gasteiger partial charge >= 0.3 is 25.6 Å². The fraction of sp³-hybridized carbons (Fsp3) is 0.448. The number of aliphatic hydroxyl groups excluding tert-OH is 2. The topological polar surface area (TPSA) is 224 Å². The Labute approximate surface area is 521 Å². The van der Waals surface area contributed by atoms with E-state index in [1.807, 2.05) is 23.6 Å². The fourth-order valence-corrected chi connectivity index (χ4v) is 13.6. The van der Waals surface area contributed by atoms with E-state index in [-0.39, 0.29) is 69.4 Å². The summed E-state index contributed by atoms with van der Waals surface area (Å²) in [6, 6.07) is 17.8. The van der Waals surface area contributed by atoms with Gasteiger partial charge in [0.25, 0.3) is 11.8 Å². The molecular formula is C58H66F10N8O10S4. The summed E-state index contributed by atoms with van der Waals surface area (Å²) in [6.45, 7) is 1.05. The summed E-state index contributed by atoms with van der Waals surface area (Å²) < 4.78 is 188. The molecule has 8 rings (SSSR count). The molecule has 4 aromatic carbocycles. The summed E-state index contributed by atoms with van der Waals surface area (Å²) in [7, 11) is -6.83. The van der Waals surface area contributed by atoms with Gasteiger partial charge in [-0.05, 0) is 84.6 Å². The quantitative estimate of drug-likeness (QED) is 0.0414. The van der Waals surface area contributed by atoms with E-state index in [1.165, 1.54) is 99.0 Å². The maximum absolute atomic E-state index is 13.1. The SMILES string of the molecule is CCS(=O)(=O)c1ccc([C@H](CO)NC(=O)c2cnc(N3CCN([C@@H](C)c4ccc(C(F)(F)F)cc4)C[C@H]3COC(F)F)s2)cc1.CCS(=O)(=O)c1ccc([C@H](CO)NC(=O)c2cnc(N3CCN([C@H](C)c4ccc(C(F)(F)F)cc4)C[C@H]3COC(F)F)s2)cc1. The molecule has 4 heterocycles. The number of carbonyl (C=O) groups is 2. The highest BCUT2D eigenvalue weighted by molar-refractivity contribution is 7.91. The molecule has 492 valence electrons. The van der Waals surface area contributed by atoms with Crippen molar-refractivity contribution in [2.45, 2.75) is 99.3 Å². The lowest BCUT2D eigenvalue weighted by molar-refractivity contribution is -0.138. The maximum atomic E-state index is 13.1. The molecule has 2 saturated heterocycles. The Balaban J connectivity index is 0.000000256. The molecule has 0 saturated carbocycles.